The van der Waals surface area contributed by atoms with Crippen molar-refractivity contribution in [2.75, 3.05) is 6.61 Å². The molecule has 0 heterocycles. The highest BCUT2D eigenvalue weighted by atomic mass is 16.5. The van der Waals surface area contributed by atoms with Crippen LogP contribution in [0.5, 0.6) is 0 Å². The molecule has 0 aliphatic heterocycles. The SMILES string of the molecule is CC(C)=C(C)CO[C]=O. The summed E-state index contributed by atoms with van der Waals surface area (Å²) in [6.45, 7) is 7.61. The van der Waals surface area contributed by atoms with E-state index in [0.717, 1.165) is 5.57 Å². The molecule has 0 aromatic carbocycles. The number of carbonyl (C=O) groups excluding carboxylic acids is 1. The van der Waals surface area contributed by atoms with Gasteiger partial charge in [0, 0.05) is 0 Å². The van der Waals surface area contributed by atoms with Gasteiger partial charge in [-0.15, -0.1) is 0 Å². The summed E-state index contributed by atoms with van der Waals surface area (Å²) in [6.07, 6.45) is 0. The van der Waals surface area contributed by atoms with E-state index in [9.17, 15) is 4.79 Å². The van der Waals surface area contributed by atoms with E-state index in [0.29, 0.717) is 6.61 Å². The van der Waals surface area contributed by atoms with Crippen molar-refractivity contribution >= 4 is 6.47 Å². The molecule has 0 unspecified atom stereocenters. The van der Waals surface area contributed by atoms with Gasteiger partial charge in [-0.1, -0.05) is 5.57 Å². The van der Waals surface area contributed by atoms with E-state index in [-0.39, 0.29) is 0 Å². The number of rotatable bonds is 3. The van der Waals surface area contributed by atoms with Crippen molar-refractivity contribution in [3.8, 4) is 0 Å². The van der Waals surface area contributed by atoms with E-state index in [4.69, 9.17) is 0 Å². The zero-order valence-corrected chi connectivity index (χ0v) is 6.02. The lowest BCUT2D eigenvalue weighted by atomic mass is 10.2. The smallest absolute Gasteiger partial charge is 0.417 e. The lowest BCUT2D eigenvalue weighted by Gasteiger charge is -1.98. The van der Waals surface area contributed by atoms with Crippen LogP contribution in [0.2, 0.25) is 0 Å². The Morgan fingerprint density at radius 2 is 2.00 bits per heavy atom. The van der Waals surface area contributed by atoms with Crippen molar-refractivity contribution in [2.24, 2.45) is 0 Å². The molecule has 51 valence electrons. The van der Waals surface area contributed by atoms with Gasteiger partial charge in [-0.05, 0) is 26.3 Å². The molecule has 0 aromatic heterocycles. The average molecular weight is 127 g/mol. The summed E-state index contributed by atoms with van der Waals surface area (Å²) in [5.41, 5.74) is 2.27. The van der Waals surface area contributed by atoms with Crippen LogP contribution in [0.1, 0.15) is 20.8 Å². The molecule has 0 aliphatic rings. The fraction of sp³-hybridized carbons (Fsp3) is 0.571. The minimum Gasteiger partial charge on any atom is -0.453 e. The topological polar surface area (TPSA) is 26.3 Å². The van der Waals surface area contributed by atoms with Crippen LogP contribution in [0.25, 0.3) is 0 Å². The van der Waals surface area contributed by atoms with E-state index in [1.807, 2.05) is 20.8 Å². The molecule has 0 N–H and O–H groups in total. The summed E-state index contributed by atoms with van der Waals surface area (Å²) < 4.78 is 4.39. The van der Waals surface area contributed by atoms with Crippen molar-refractivity contribution in [3.63, 3.8) is 0 Å². The molecule has 1 radical (unpaired) electrons. The van der Waals surface area contributed by atoms with Gasteiger partial charge in [0.05, 0.1) is 0 Å². The minimum atomic E-state index is 0.367. The van der Waals surface area contributed by atoms with Crippen LogP contribution in [-0.4, -0.2) is 13.1 Å². The predicted octanol–water partition coefficient (Wildman–Crippen LogP) is 1.43. The van der Waals surface area contributed by atoms with Crippen LogP contribution in [0.3, 0.4) is 0 Å². The second-order valence-electron chi connectivity index (χ2n) is 2.15. The first-order chi connectivity index (χ1) is 4.18. The van der Waals surface area contributed by atoms with Crippen molar-refractivity contribution in [3.05, 3.63) is 11.1 Å². The number of ether oxygens (including phenoxy) is 1. The Balaban J connectivity index is 3.62. The van der Waals surface area contributed by atoms with Gasteiger partial charge in [0.25, 0.3) is 0 Å². The lowest BCUT2D eigenvalue weighted by molar-refractivity contribution is 0.305. The molecule has 9 heavy (non-hydrogen) atoms. The summed E-state index contributed by atoms with van der Waals surface area (Å²) in [5.74, 6) is 0. The standard InChI is InChI=1S/C7H11O2/c1-6(2)7(3)4-9-5-8/h4H2,1-3H3. The fourth-order valence-corrected chi connectivity index (χ4v) is 0.282. The van der Waals surface area contributed by atoms with E-state index in [1.165, 1.54) is 12.0 Å². The molecule has 0 aliphatic carbocycles. The quantitative estimate of drug-likeness (QED) is 0.536. The zero-order valence-electron chi connectivity index (χ0n) is 6.02. The highest BCUT2D eigenvalue weighted by Crippen LogP contribution is 2.00. The van der Waals surface area contributed by atoms with Gasteiger partial charge in [-0.2, -0.15) is 0 Å². The molecule has 0 spiro atoms. The highest BCUT2D eigenvalue weighted by molar-refractivity contribution is 5.38. The van der Waals surface area contributed by atoms with Gasteiger partial charge in [0.1, 0.15) is 6.61 Å². The number of allylic oxidation sites excluding steroid dienone is 1. The third kappa shape index (κ3) is 3.76. The molecule has 0 rings (SSSR count). The highest BCUT2D eigenvalue weighted by Gasteiger charge is 1.90. The van der Waals surface area contributed by atoms with Crippen LogP contribution >= 0.6 is 0 Å². The molecule has 0 amide bonds. The van der Waals surface area contributed by atoms with Crippen LogP contribution < -0.4 is 0 Å². The van der Waals surface area contributed by atoms with Crippen molar-refractivity contribution in [1.82, 2.24) is 0 Å². The second-order valence-corrected chi connectivity index (χ2v) is 2.15. The van der Waals surface area contributed by atoms with Crippen LogP contribution in [-0.2, 0) is 9.53 Å². The van der Waals surface area contributed by atoms with Crippen molar-refractivity contribution in [2.45, 2.75) is 20.8 Å². The maximum absolute atomic E-state index is 9.56. The Bertz CT molecular complexity index is 121. The van der Waals surface area contributed by atoms with Gasteiger partial charge in [-0.3, -0.25) is 0 Å². The Morgan fingerprint density at radius 1 is 1.44 bits per heavy atom. The largest absolute Gasteiger partial charge is 0.453 e. The molecular weight excluding hydrogens is 116 g/mol. The van der Waals surface area contributed by atoms with Crippen molar-refractivity contribution in [1.29, 1.82) is 0 Å². The van der Waals surface area contributed by atoms with E-state index in [2.05, 4.69) is 4.74 Å². The number of hydrogen-bond donors (Lipinski definition) is 0. The fourth-order valence-electron chi connectivity index (χ4n) is 0.282. The van der Waals surface area contributed by atoms with Gasteiger partial charge in [0.2, 0.25) is 0 Å². The zero-order chi connectivity index (χ0) is 7.28. The minimum absolute atomic E-state index is 0.367. The van der Waals surface area contributed by atoms with Crippen LogP contribution in [0.15, 0.2) is 11.1 Å². The molecule has 2 heteroatoms. The molecule has 0 atom stereocenters. The van der Waals surface area contributed by atoms with Crippen LogP contribution in [0.4, 0.5) is 0 Å². The third-order valence-electron chi connectivity index (χ3n) is 1.20. The van der Waals surface area contributed by atoms with E-state index in [1.54, 1.807) is 0 Å². The summed E-state index contributed by atoms with van der Waals surface area (Å²) in [6, 6.07) is 0. The summed E-state index contributed by atoms with van der Waals surface area (Å²) in [4.78, 5) is 9.56. The second kappa shape index (κ2) is 4.13. The molecule has 0 saturated heterocycles. The van der Waals surface area contributed by atoms with Crippen molar-refractivity contribution < 1.29 is 9.53 Å². The molecule has 2 nitrogen and oxygen atoms in total. The Labute approximate surface area is 55.5 Å². The molecule has 0 bridgehead atoms. The molecular formula is C7H11O2. The predicted molar refractivity (Wildman–Crippen MR) is 35.7 cm³/mol. The molecule has 0 aromatic rings. The Morgan fingerprint density at radius 3 is 2.33 bits per heavy atom. The maximum Gasteiger partial charge on any atom is 0.417 e. The van der Waals surface area contributed by atoms with E-state index >= 15 is 0 Å². The number of hydrogen-bond acceptors (Lipinski definition) is 2. The molecule has 0 saturated carbocycles. The normalized spacial score (nSPS) is 8.33. The first-order valence-corrected chi connectivity index (χ1v) is 2.80. The molecule has 0 fully saturated rings. The van der Waals surface area contributed by atoms with Gasteiger partial charge < -0.3 is 4.74 Å². The van der Waals surface area contributed by atoms with Gasteiger partial charge in [0.15, 0.2) is 0 Å². The van der Waals surface area contributed by atoms with Crippen LogP contribution in [0, 0.1) is 0 Å². The summed E-state index contributed by atoms with van der Waals surface area (Å²) in [5, 5.41) is 0. The first-order valence-electron chi connectivity index (χ1n) is 2.80. The monoisotopic (exact) mass is 127 g/mol. The maximum atomic E-state index is 9.56. The lowest BCUT2D eigenvalue weighted by Crippen LogP contribution is -1.93. The summed E-state index contributed by atoms with van der Waals surface area (Å²) in [7, 11) is 0. The van der Waals surface area contributed by atoms with Gasteiger partial charge >= 0.3 is 6.47 Å². The van der Waals surface area contributed by atoms with Gasteiger partial charge in [-0.25, -0.2) is 4.79 Å². The third-order valence-corrected chi connectivity index (χ3v) is 1.20. The van der Waals surface area contributed by atoms with E-state index < -0.39 is 0 Å². The average Bonchev–Trinajstić information content (AvgIpc) is 1.82. The Kier molecular flexibility index (Phi) is 3.76. The summed E-state index contributed by atoms with van der Waals surface area (Å²) >= 11 is 0. The Hall–Kier alpha value is -0.790. The first kappa shape index (κ1) is 8.21.